The van der Waals surface area contributed by atoms with Gasteiger partial charge in [0.15, 0.2) is 8.32 Å². The van der Waals surface area contributed by atoms with Gasteiger partial charge in [-0.3, -0.25) is 0 Å². The van der Waals surface area contributed by atoms with Crippen LogP contribution in [0, 0.1) is 40.9 Å². The molecule has 26 heavy (non-hydrogen) atoms. The van der Waals surface area contributed by atoms with E-state index in [0.29, 0.717) is 28.6 Å². The number of hydrogen-bond donors (Lipinski definition) is 0. The molecule has 5 aliphatic carbocycles. The van der Waals surface area contributed by atoms with Gasteiger partial charge in [0.05, 0.1) is 11.7 Å². The molecule has 9 atom stereocenters. The molecule has 0 saturated heterocycles. The monoisotopic (exact) mass is 378 g/mol. The molecule has 150 valence electrons. The maximum absolute atomic E-state index is 7.02. The van der Waals surface area contributed by atoms with Crippen LogP contribution in [0.3, 0.4) is 0 Å². The van der Waals surface area contributed by atoms with Crippen LogP contribution in [0.2, 0.25) is 18.1 Å². The zero-order valence-corrected chi connectivity index (χ0v) is 19.8. The lowest BCUT2D eigenvalue weighted by Crippen LogP contribution is -2.46. The molecule has 5 saturated carbocycles. The molecule has 0 aliphatic heterocycles. The van der Waals surface area contributed by atoms with Crippen molar-refractivity contribution in [2.24, 2.45) is 40.9 Å². The van der Waals surface area contributed by atoms with Gasteiger partial charge in [0, 0.05) is 6.10 Å². The standard InChI is InChI=1S/C23H42O2Si/c1-13-11-14-16-17-19(16)23(8,18(14)20(17)24-21(2,3)4)12-15(13)25-26(9,10)22(5,6)7/h13-20H,11-12H2,1-10H3/t13-,14-,15-,16+,17-,18-,19+,20+,23-/m0/s1. The number of ether oxygens (including phenoxy) is 1. The highest BCUT2D eigenvalue weighted by molar-refractivity contribution is 6.74. The fourth-order valence-corrected chi connectivity index (χ4v) is 8.51. The molecule has 0 spiro atoms. The van der Waals surface area contributed by atoms with E-state index in [0.717, 1.165) is 29.6 Å². The number of rotatable bonds is 3. The second-order valence-corrected chi connectivity index (χ2v) is 17.7. The first-order chi connectivity index (χ1) is 11.7. The quantitative estimate of drug-likeness (QED) is 0.551. The summed E-state index contributed by atoms with van der Waals surface area (Å²) in [6.07, 6.45) is 3.59. The van der Waals surface area contributed by atoms with Gasteiger partial charge in [-0.25, -0.2) is 0 Å². The molecule has 5 fully saturated rings. The van der Waals surface area contributed by atoms with E-state index in [1.54, 1.807) is 0 Å². The second-order valence-electron chi connectivity index (χ2n) is 12.9. The Bertz CT molecular complexity index is 586. The van der Waals surface area contributed by atoms with E-state index < -0.39 is 8.32 Å². The predicted molar refractivity (Wildman–Crippen MR) is 111 cm³/mol. The van der Waals surface area contributed by atoms with Crippen LogP contribution < -0.4 is 0 Å². The van der Waals surface area contributed by atoms with Crippen molar-refractivity contribution in [3.05, 3.63) is 0 Å². The van der Waals surface area contributed by atoms with Crippen LogP contribution in [0.1, 0.15) is 68.2 Å². The van der Waals surface area contributed by atoms with Crippen LogP contribution in [0.4, 0.5) is 0 Å². The van der Waals surface area contributed by atoms with Gasteiger partial charge in [-0.1, -0.05) is 34.6 Å². The van der Waals surface area contributed by atoms with Crippen LogP contribution in [0.25, 0.3) is 0 Å². The van der Waals surface area contributed by atoms with E-state index in [9.17, 15) is 0 Å². The van der Waals surface area contributed by atoms with E-state index >= 15 is 0 Å². The Morgan fingerprint density at radius 1 is 0.962 bits per heavy atom. The summed E-state index contributed by atoms with van der Waals surface area (Å²) in [5.74, 6) is 5.10. The first kappa shape index (κ1) is 19.5. The molecule has 3 heteroatoms. The SMILES string of the molecule is C[C@H]1C[C@H]2[C@@H]3[C@@H]4[C@@H](OC(C)(C)C)[C@H]2[C@](C)(C[C@@H]1O[Si](C)(C)C(C)(C)C)[C@H]34. The molecule has 5 aliphatic rings. The molecule has 0 unspecified atom stereocenters. The van der Waals surface area contributed by atoms with E-state index in [2.05, 4.69) is 68.5 Å². The molecule has 5 rings (SSSR count). The third kappa shape index (κ3) is 2.63. The van der Waals surface area contributed by atoms with Crippen LogP contribution in [-0.2, 0) is 9.16 Å². The average molecular weight is 379 g/mol. The Labute approximate surface area is 162 Å². The van der Waals surface area contributed by atoms with E-state index in [-0.39, 0.29) is 5.60 Å². The molecular formula is C23H42O2Si. The van der Waals surface area contributed by atoms with Gasteiger partial charge in [-0.15, -0.1) is 0 Å². The summed E-state index contributed by atoms with van der Waals surface area (Å²) in [7, 11) is -1.72. The fourth-order valence-electron chi connectivity index (χ4n) is 7.09. The molecule has 0 aromatic carbocycles. The maximum Gasteiger partial charge on any atom is 0.192 e. The Morgan fingerprint density at radius 2 is 1.58 bits per heavy atom. The highest BCUT2D eigenvalue weighted by Gasteiger charge is 2.83. The molecule has 2 nitrogen and oxygen atoms in total. The molecule has 6 bridgehead atoms. The maximum atomic E-state index is 7.02. The third-order valence-electron chi connectivity index (χ3n) is 9.01. The summed E-state index contributed by atoms with van der Waals surface area (Å²) in [6.45, 7) is 23.7. The minimum absolute atomic E-state index is 0.0164. The van der Waals surface area contributed by atoms with E-state index in [1.165, 1.54) is 12.8 Å². The summed E-state index contributed by atoms with van der Waals surface area (Å²) in [4.78, 5) is 0. The van der Waals surface area contributed by atoms with Crippen molar-refractivity contribution < 1.29 is 9.16 Å². The van der Waals surface area contributed by atoms with Crippen molar-refractivity contribution in [2.45, 2.75) is 104 Å². The Morgan fingerprint density at radius 3 is 2.12 bits per heavy atom. The van der Waals surface area contributed by atoms with Crippen LogP contribution >= 0.6 is 0 Å². The topological polar surface area (TPSA) is 18.5 Å². The smallest absolute Gasteiger partial charge is 0.192 e. The van der Waals surface area contributed by atoms with Gasteiger partial charge in [-0.05, 0) is 92.7 Å². The van der Waals surface area contributed by atoms with Crippen LogP contribution in [-0.4, -0.2) is 26.1 Å². The van der Waals surface area contributed by atoms with Crippen molar-refractivity contribution in [1.82, 2.24) is 0 Å². The zero-order chi connectivity index (χ0) is 19.4. The molecule has 0 aromatic heterocycles. The first-order valence-corrected chi connectivity index (χ1v) is 13.9. The highest BCUT2D eigenvalue weighted by atomic mass is 28.4. The fraction of sp³-hybridized carbons (Fsp3) is 1.00. The second kappa shape index (κ2) is 5.39. The normalized spacial score (nSPS) is 50.1. The largest absolute Gasteiger partial charge is 0.414 e. The molecule has 0 aromatic rings. The van der Waals surface area contributed by atoms with Gasteiger partial charge >= 0.3 is 0 Å². The van der Waals surface area contributed by atoms with Crippen molar-refractivity contribution in [3.63, 3.8) is 0 Å². The van der Waals surface area contributed by atoms with Gasteiger partial charge in [0.2, 0.25) is 0 Å². The summed E-state index contributed by atoms with van der Waals surface area (Å²) in [5.41, 5.74) is 0.436. The van der Waals surface area contributed by atoms with Crippen molar-refractivity contribution >= 4 is 8.32 Å². The lowest BCUT2D eigenvalue weighted by molar-refractivity contribution is -0.0906. The number of hydrogen-bond acceptors (Lipinski definition) is 2. The summed E-state index contributed by atoms with van der Waals surface area (Å²) >= 11 is 0. The van der Waals surface area contributed by atoms with E-state index in [4.69, 9.17) is 9.16 Å². The predicted octanol–water partition coefficient (Wildman–Crippen LogP) is 6.12. The lowest BCUT2D eigenvalue weighted by Gasteiger charge is -2.43. The minimum Gasteiger partial charge on any atom is -0.414 e. The van der Waals surface area contributed by atoms with Gasteiger partial charge in [-0.2, -0.15) is 0 Å². The molecule has 0 radical (unpaired) electrons. The van der Waals surface area contributed by atoms with Crippen LogP contribution in [0.5, 0.6) is 0 Å². The summed E-state index contributed by atoms with van der Waals surface area (Å²) in [6, 6.07) is 0. The molecule has 0 heterocycles. The zero-order valence-electron chi connectivity index (χ0n) is 18.8. The van der Waals surface area contributed by atoms with Gasteiger partial charge in [0.1, 0.15) is 0 Å². The minimum atomic E-state index is -1.72. The van der Waals surface area contributed by atoms with Crippen molar-refractivity contribution in [3.8, 4) is 0 Å². The van der Waals surface area contributed by atoms with Gasteiger partial charge in [0.25, 0.3) is 0 Å². The molecule has 0 N–H and O–H groups in total. The average Bonchev–Trinajstić information content (AvgIpc) is 2.98. The summed E-state index contributed by atoms with van der Waals surface area (Å²) in [5, 5.41) is 0.293. The van der Waals surface area contributed by atoms with Crippen LogP contribution in [0.15, 0.2) is 0 Å². The lowest BCUT2D eigenvalue weighted by atomic mass is 9.75. The Kier molecular flexibility index (Phi) is 4.03. The van der Waals surface area contributed by atoms with Crippen molar-refractivity contribution in [2.75, 3.05) is 0 Å². The molecular weight excluding hydrogens is 336 g/mol. The van der Waals surface area contributed by atoms with Crippen molar-refractivity contribution in [1.29, 1.82) is 0 Å². The first-order valence-electron chi connectivity index (χ1n) is 11.0. The summed E-state index contributed by atoms with van der Waals surface area (Å²) < 4.78 is 13.7. The van der Waals surface area contributed by atoms with E-state index in [1.807, 2.05) is 0 Å². The Balaban J connectivity index is 1.58. The third-order valence-corrected chi connectivity index (χ3v) is 13.5. The highest BCUT2D eigenvalue weighted by Crippen LogP contribution is 2.84. The van der Waals surface area contributed by atoms with Gasteiger partial charge < -0.3 is 9.16 Å². The Hall–Kier alpha value is 0.137. The molecule has 0 amide bonds.